The molecule has 0 saturated heterocycles. The van der Waals surface area contributed by atoms with Gasteiger partial charge < -0.3 is 5.32 Å². The van der Waals surface area contributed by atoms with Gasteiger partial charge in [0.25, 0.3) is 0 Å². The van der Waals surface area contributed by atoms with Crippen LogP contribution in [0.15, 0.2) is 48.9 Å². The fraction of sp³-hybridized carbons (Fsp3) is 0.200. The van der Waals surface area contributed by atoms with Crippen molar-refractivity contribution in [2.75, 3.05) is 11.9 Å². The Labute approximate surface area is 137 Å². The minimum absolute atomic E-state index is 0.0828. The van der Waals surface area contributed by atoms with E-state index in [9.17, 15) is 0 Å². The molecule has 1 aromatic carbocycles. The molecule has 0 amide bonds. The van der Waals surface area contributed by atoms with Crippen molar-refractivity contribution in [3.63, 3.8) is 0 Å². The van der Waals surface area contributed by atoms with Crippen molar-refractivity contribution < 1.29 is 0 Å². The number of nitrogens with one attached hydrogen (secondary N) is 1. The van der Waals surface area contributed by atoms with Gasteiger partial charge in [0.2, 0.25) is 5.95 Å². The SMILES string of the molecule is C[C@@H](CNc1nccc(-n2nnc3ccccc32)n1)n1nccn1. The topological polar surface area (TPSA) is 99.2 Å². The van der Waals surface area contributed by atoms with E-state index in [1.807, 2.05) is 31.2 Å². The number of rotatable bonds is 5. The third-order valence-corrected chi connectivity index (χ3v) is 3.60. The van der Waals surface area contributed by atoms with Crippen LogP contribution >= 0.6 is 0 Å². The molecule has 4 aromatic rings. The van der Waals surface area contributed by atoms with Crippen LogP contribution in [0.25, 0.3) is 16.9 Å². The first-order chi connectivity index (χ1) is 11.8. The standard InChI is InChI=1S/C15H15N9/c1-11(24-18-8-9-19-24)10-17-15-16-7-6-14(20-15)23-13-5-3-2-4-12(13)21-22-23/h2-9,11H,10H2,1H3,(H,16,17,20)/t11-/m0/s1. The highest BCUT2D eigenvalue weighted by atomic mass is 15.5. The predicted octanol–water partition coefficient (Wildman–Crippen LogP) is 1.48. The van der Waals surface area contributed by atoms with Crippen LogP contribution in [-0.2, 0) is 0 Å². The predicted molar refractivity (Wildman–Crippen MR) is 87.7 cm³/mol. The second kappa shape index (κ2) is 6.03. The van der Waals surface area contributed by atoms with Crippen LogP contribution in [0.5, 0.6) is 0 Å². The molecule has 1 atom stereocenters. The van der Waals surface area contributed by atoms with Crippen molar-refractivity contribution in [3.8, 4) is 5.82 Å². The zero-order valence-corrected chi connectivity index (χ0v) is 13.0. The number of benzene rings is 1. The summed E-state index contributed by atoms with van der Waals surface area (Å²) >= 11 is 0. The average molecular weight is 321 g/mol. The van der Waals surface area contributed by atoms with Crippen molar-refractivity contribution in [3.05, 3.63) is 48.9 Å². The van der Waals surface area contributed by atoms with Crippen molar-refractivity contribution in [2.24, 2.45) is 0 Å². The Kier molecular flexibility index (Phi) is 3.58. The van der Waals surface area contributed by atoms with Gasteiger partial charge >= 0.3 is 0 Å². The summed E-state index contributed by atoms with van der Waals surface area (Å²) in [5, 5.41) is 19.8. The lowest BCUT2D eigenvalue weighted by Gasteiger charge is -2.12. The lowest BCUT2D eigenvalue weighted by Crippen LogP contribution is -2.19. The monoisotopic (exact) mass is 321 g/mol. The van der Waals surface area contributed by atoms with Crippen LogP contribution in [-0.4, -0.2) is 46.5 Å². The molecular weight excluding hydrogens is 306 g/mol. The van der Waals surface area contributed by atoms with Gasteiger partial charge in [0, 0.05) is 18.8 Å². The van der Waals surface area contributed by atoms with Crippen molar-refractivity contribution in [1.82, 2.24) is 40.0 Å². The Morgan fingerprint density at radius 1 is 1.08 bits per heavy atom. The second-order valence-electron chi connectivity index (χ2n) is 5.31. The summed E-state index contributed by atoms with van der Waals surface area (Å²) in [6.45, 7) is 2.62. The van der Waals surface area contributed by atoms with Crippen molar-refractivity contribution >= 4 is 17.0 Å². The van der Waals surface area contributed by atoms with E-state index in [1.54, 1.807) is 34.1 Å². The molecule has 0 aliphatic rings. The molecule has 0 unspecified atom stereocenters. The van der Waals surface area contributed by atoms with Crippen LogP contribution in [0.4, 0.5) is 5.95 Å². The molecule has 24 heavy (non-hydrogen) atoms. The first-order valence-electron chi connectivity index (χ1n) is 7.55. The number of para-hydroxylation sites is 1. The van der Waals surface area contributed by atoms with E-state index < -0.39 is 0 Å². The van der Waals surface area contributed by atoms with E-state index in [2.05, 4.69) is 35.8 Å². The Bertz CT molecular complexity index is 944. The summed E-state index contributed by atoms with van der Waals surface area (Å²) in [7, 11) is 0. The second-order valence-corrected chi connectivity index (χ2v) is 5.31. The molecule has 9 heteroatoms. The average Bonchev–Trinajstić information content (AvgIpc) is 3.29. The number of anilines is 1. The molecule has 0 aliphatic carbocycles. The fourth-order valence-corrected chi connectivity index (χ4v) is 2.36. The largest absolute Gasteiger partial charge is 0.352 e. The van der Waals surface area contributed by atoms with Crippen LogP contribution in [0.3, 0.4) is 0 Å². The Hall–Kier alpha value is -3.36. The molecule has 0 radical (unpaired) electrons. The number of nitrogens with zero attached hydrogens (tertiary/aromatic N) is 8. The van der Waals surface area contributed by atoms with E-state index >= 15 is 0 Å². The number of fused-ring (bicyclic) bond motifs is 1. The molecule has 4 rings (SSSR count). The minimum Gasteiger partial charge on any atom is -0.352 e. The maximum atomic E-state index is 4.51. The Balaban J connectivity index is 1.55. The molecule has 0 saturated carbocycles. The van der Waals surface area contributed by atoms with Gasteiger partial charge in [-0.1, -0.05) is 17.3 Å². The van der Waals surface area contributed by atoms with E-state index in [1.165, 1.54) is 0 Å². The summed E-state index contributed by atoms with van der Waals surface area (Å²) in [4.78, 5) is 10.4. The van der Waals surface area contributed by atoms with E-state index in [-0.39, 0.29) is 6.04 Å². The van der Waals surface area contributed by atoms with E-state index in [0.717, 1.165) is 11.0 Å². The zero-order valence-electron chi connectivity index (χ0n) is 13.0. The molecule has 3 heterocycles. The normalized spacial score (nSPS) is 12.4. The van der Waals surface area contributed by atoms with E-state index in [4.69, 9.17) is 0 Å². The Morgan fingerprint density at radius 2 is 1.92 bits per heavy atom. The molecule has 0 aliphatic heterocycles. The van der Waals surface area contributed by atoms with Crippen LogP contribution in [0, 0.1) is 0 Å². The number of hydrogen-bond donors (Lipinski definition) is 1. The quantitative estimate of drug-likeness (QED) is 0.594. The first kappa shape index (κ1) is 14.2. The van der Waals surface area contributed by atoms with Gasteiger partial charge in [-0.05, 0) is 19.1 Å². The molecule has 9 nitrogen and oxygen atoms in total. The Morgan fingerprint density at radius 3 is 2.79 bits per heavy atom. The third kappa shape index (κ3) is 2.67. The summed E-state index contributed by atoms with van der Waals surface area (Å²) in [5.41, 5.74) is 1.72. The van der Waals surface area contributed by atoms with Gasteiger partial charge in [-0.2, -0.15) is 24.7 Å². The maximum absolute atomic E-state index is 4.51. The highest BCUT2D eigenvalue weighted by molar-refractivity contribution is 5.75. The van der Waals surface area contributed by atoms with Gasteiger partial charge in [-0.25, -0.2) is 4.98 Å². The zero-order chi connectivity index (χ0) is 16.4. The van der Waals surface area contributed by atoms with Gasteiger partial charge in [0.05, 0.1) is 24.0 Å². The lowest BCUT2D eigenvalue weighted by molar-refractivity contribution is 0.450. The smallest absolute Gasteiger partial charge is 0.224 e. The molecule has 0 spiro atoms. The molecule has 1 N–H and O–H groups in total. The van der Waals surface area contributed by atoms with Crippen molar-refractivity contribution in [1.29, 1.82) is 0 Å². The van der Waals surface area contributed by atoms with Crippen LogP contribution in [0.1, 0.15) is 13.0 Å². The number of hydrogen-bond acceptors (Lipinski definition) is 7. The molecule has 3 aromatic heterocycles. The molecule has 0 fully saturated rings. The molecular formula is C15H15N9. The van der Waals surface area contributed by atoms with Crippen LogP contribution in [0.2, 0.25) is 0 Å². The highest BCUT2D eigenvalue weighted by Gasteiger charge is 2.10. The van der Waals surface area contributed by atoms with Crippen LogP contribution < -0.4 is 5.32 Å². The van der Waals surface area contributed by atoms with Gasteiger partial charge in [-0.15, -0.1) is 5.10 Å². The number of aromatic nitrogens is 8. The third-order valence-electron chi connectivity index (χ3n) is 3.60. The highest BCUT2D eigenvalue weighted by Crippen LogP contribution is 2.15. The van der Waals surface area contributed by atoms with Crippen molar-refractivity contribution in [2.45, 2.75) is 13.0 Å². The fourth-order valence-electron chi connectivity index (χ4n) is 2.36. The van der Waals surface area contributed by atoms with Gasteiger partial charge in [-0.3, -0.25) is 0 Å². The summed E-state index contributed by atoms with van der Waals surface area (Å²) in [5.74, 6) is 1.18. The summed E-state index contributed by atoms with van der Waals surface area (Å²) in [6, 6.07) is 9.62. The summed E-state index contributed by atoms with van der Waals surface area (Å²) in [6.07, 6.45) is 5.00. The van der Waals surface area contributed by atoms with Gasteiger partial charge in [0.1, 0.15) is 5.52 Å². The molecule has 0 bridgehead atoms. The maximum Gasteiger partial charge on any atom is 0.224 e. The van der Waals surface area contributed by atoms with Gasteiger partial charge in [0.15, 0.2) is 5.82 Å². The molecule has 120 valence electrons. The summed E-state index contributed by atoms with van der Waals surface area (Å²) < 4.78 is 1.70. The minimum atomic E-state index is 0.0828. The lowest BCUT2D eigenvalue weighted by atomic mass is 10.3. The first-order valence-corrected chi connectivity index (χ1v) is 7.55. The van der Waals surface area contributed by atoms with E-state index in [0.29, 0.717) is 18.3 Å².